The molecule has 0 amide bonds. The molecule has 5 atom stereocenters. The number of ether oxygens (including phenoxy) is 2. The van der Waals surface area contributed by atoms with Gasteiger partial charge in [-0.1, -0.05) is 145 Å². The minimum Gasteiger partial charge on any atom is -0.508 e. The second-order valence-corrected chi connectivity index (χ2v) is 26.3. The number of esters is 1. The molecule has 101 heavy (non-hydrogen) atoms. The first-order chi connectivity index (χ1) is 47.8. The third kappa shape index (κ3) is 22.1. The Balaban J connectivity index is 0.000000196. The Morgan fingerprint density at radius 2 is 0.891 bits per heavy atom. The van der Waals surface area contributed by atoms with Gasteiger partial charge in [-0.2, -0.15) is 0 Å². The van der Waals surface area contributed by atoms with Gasteiger partial charge in [-0.3, -0.25) is 0 Å². The summed E-state index contributed by atoms with van der Waals surface area (Å²) < 4.78 is 10.9. The van der Waals surface area contributed by atoms with Crippen LogP contribution in [0.25, 0.3) is 43.1 Å². The quantitative estimate of drug-likeness (QED) is 0.0208. The van der Waals surface area contributed by atoms with Gasteiger partial charge < -0.3 is 96.3 Å². The summed E-state index contributed by atoms with van der Waals surface area (Å²) in [6.07, 6.45) is 11.3. The molecule has 0 bridgehead atoms. The van der Waals surface area contributed by atoms with Crippen molar-refractivity contribution < 1.29 is 101 Å². The number of hydrogen-bond donors (Lipinski definition) is 17. The van der Waals surface area contributed by atoms with E-state index in [9.17, 15) is 30.3 Å². The first-order valence-corrected chi connectivity index (χ1v) is 33.5. The van der Waals surface area contributed by atoms with Crippen LogP contribution in [-0.2, 0) is 16.0 Å². The maximum absolute atomic E-state index is 10.5. The fourth-order valence-electron chi connectivity index (χ4n) is 11.7. The number of aromatic hydroxyl groups is 13. The van der Waals surface area contributed by atoms with E-state index >= 15 is 0 Å². The standard InChI is InChI=1S/C29H50O2.C14H10O4.2C10H8O2.C6H8O6.2C6H6O2/c1-20(2)12-9-13-21(3)14-10-15-22(4)16-11-18-29(8)19-17-26-25(7)27(30)23(5)24(6)28(26)31-29;15-9-5-6-10(16)12-11(9)13(17)7-3-1-2-4-8(7)14(12)18;11-9-3-1-7-2-4-10(12)6-8(7)5-9;11-9-5-7-3-1-2-4-8(7)6-10(9)12;7-1-2(8)5-3(9)4(10)6(11)12-5;7-5-1-2-6(8)4-3-5;7-5-3-1-2-4-6(5)8/h20-22,30H,9-19H2,1-8H3;1-6,15-18H;2*1-6,11-12H;2,5,7-10H,1H2;2*1-4,7-8H/t;;;;2-,5+;;/m....0../s1. The minimum atomic E-state index is -1.42. The Kier molecular flexibility index (Phi) is 28.9. The topological polar surface area (TPSA) is 379 Å². The highest BCUT2D eigenvalue weighted by Gasteiger charge is 2.39. The van der Waals surface area contributed by atoms with Crippen LogP contribution in [0.3, 0.4) is 0 Å². The van der Waals surface area contributed by atoms with Crippen LogP contribution in [-0.4, -0.2) is 117 Å². The van der Waals surface area contributed by atoms with Crippen molar-refractivity contribution in [2.75, 3.05) is 6.61 Å². The molecule has 0 fully saturated rings. The van der Waals surface area contributed by atoms with Gasteiger partial charge >= 0.3 is 5.97 Å². The van der Waals surface area contributed by atoms with Crippen LogP contribution in [0.5, 0.6) is 80.5 Å². The number of phenolic OH excluding ortho intramolecular Hbond substituents is 13. The number of aliphatic hydroxyl groups is 4. The van der Waals surface area contributed by atoms with Gasteiger partial charge in [0.2, 0.25) is 5.76 Å². The second kappa shape index (κ2) is 36.8. The molecule has 3 unspecified atom stereocenters. The predicted molar refractivity (Wildman–Crippen MR) is 392 cm³/mol. The summed E-state index contributed by atoms with van der Waals surface area (Å²) in [7, 11) is 0. The maximum Gasteiger partial charge on any atom is 0.377 e. The molecule has 0 saturated carbocycles. The molecule has 0 radical (unpaired) electrons. The summed E-state index contributed by atoms with van der Waals surface area (Å²) in [4.78, 5) is 10.5. The highest BCUT2D eigenvalue weighted by molar-refractivity contribution is 6.14. The van der Waals surface area contributed by atoms with Crippen molar-refractivity contribution in [3.05, 3.63) is 191 Å². The molecule has 10 aromatic rings. The molecule has 0 aliphatic carbocycles. The first-order valence-electron chi connectivity index (χ1n) is 33.5. The monoisotopic (exact) mass is 1390 g/mol. The van der Waals surface area contributed by atoms with Gasteiger partial charge in [0.05, 0.1) is 17.4 Å². The molecule has 2 heterocycles. The zero-order valence-corrected chi connectivity index (χ0v) is 58.2. The predicted octanol–water partition coefficient (Wildman–Crippen LogP) is 16.9. The zero-order chi connectivity index (χ0) is 74.4. The van der Waals surface area contributed by atoms with Crippen LogP contribution in [0, 0.1) is 38.5 Å². The lowest BCUT2D eigenvalue weighted by atomic mass is 9.84. The van der Waals surface area contributed by atoms with Crippen LogP contribution in [0.4, 0.5) is 0 Å². The average Bonchev–Trinajstić information content (AvgIpc) is 1.40. The van der Waals surface area contributed by atoms with Crippen molar-refractivity contribution in [1.29, 1.82) is 0 Å². The number of benzene rings is 10. The summed E-state index contributed by atoms with van der Waals surface area (Å²) in [6, 6.07) is 41.8. The van der Waals surface area contributed by atoms with E-state index in [1.54, 1.807) is 72.8 Å². The van der Waals surface area contributed by atoms with Crippen molar-refractivity contribution in [2.24, 2.45) is 17.8 Å². The van der Waals surface area contributed by atoms with Gasteiger partial charge in [0, 0.05) is 16.3 Å². The average molecular weight is 1390 g/mol. The molecule has 0 aromatic heterocycles. The van der Waals surface area contributed by atoms with E-state index in [2.05, 4.69) is 46.3 Å². The highest BCUT2D eigenvalue weighted by Crippen LogP contribution is 2.49. The molecule has 17 N–H and O–H groups in total. The van der Waals surface area contributed by atoms with Crippen molar-refractivity contribution in [2.45, 2.75) is 144 Å². The van der Waals surface area contributed by atoms with E-state index in [1.165, 1.54) is 105 Å². The summed E-state index contributed by atoms with van der Waals surface area (Å²) in [5, 5.41) is 161. The Hall–Kier alpha value is -10.8. The van der Waals surface area contributed by atoms with Crippen molar-refractivity contribution in [1.82, 2.24) is 0 Å². The largest absolute Gasteiger partial charge is 0.508 e. The number of fused-ring (bicyclic) bond motifs is 5. The molecule has 10 aromatic carbocycles. The molecular weight excluding hydrogens is 1290 g/mol. The Bertz CT molecular complexity index is 4230. The Labute approximate surface area is 587 Å². The van der Waals surface area contributed by atoms with Crippen LogP contribution < -0.4 is 4.74 Å². The van der Waals surface area contributed by atoms with E-state index in [-0.39, 0.29) is 85.4 Å². The van der Waals surface area contributed by atoms with Gasteiger partial charge in [-0.25, -0.2) is 4.79 Å². The number of carbonyl (C=O) groups is 1. The molecule has 20 nitrogen and oxygen atoms in total. The molecule has 12 rings (SSSR count). The minimum absolute atomic E-state index is 0.0474. The van der Waals surface area contributed by atoms with Gasteiger partial charge in [-0.15, -0.1) is 0 Å². The fourth-order valence-corrected chi connectivity index (χ4v) is 11.7. The lowest BCUT2D eigenvalue weighted by molar-refractivity contribution is -0.147. The highest BCUT2D eigenvalue weighted by atomic mass is 16.6. The number of para-hydroxylation sites is 2. The summed E-state index contributed by atoms with van der Waals surface area (Å²) in [5.74, 6) is 1.02. The smallest absolute Gasteiger partial charge is 0.377 e. The molecule has 0 saturated heterocycles. The van der Waals surface area contributed by atoms with Gasteiger partial charge in [0.25, 0.3) is 0 Å². The van der Waals surface area contributed by atoms with Gasteiger partial charge in [0.15, 0.2) is 34.9 Å². The van der Waals surface area contributed by atoms with Crippen molar-refractivity contribution in [3.63, 3.8) is 0 Å². The second-order valence-electron chi connectivity index (χ2n) is 26.3. The van der Waals surface area contributed by atoms with E-state index < -0.39 is 36.3 Å². The number of cyclic esters (lactones) is 1. The van der Waals surface area contributed by atoms with Gasteiger partial charge in [-0.05, 0) is 194 Å². The number of aliphatic hydroxyl groups excluding tert-OH is 4. The summed E-state index contributed by atoms with van der Waals surface area (Å²) in [5.41, 5.74) is 4.23. The molecule has 20 heteroatoms. The van der Waals surface area contributed by atoms with Crippen molar-refractivity contribution in [3.8, 4) is 80.5 Å². The maximum atomic E-state index is 10.5. The first kappa shape index (κ1) is 79.2. The van der Waals surface area contributed by atoms with E-state index in [1.807, 2.05) is 50.2 Å². The van der Waals surface area contributed by atoms with Crippen LogP contribution in [0.2, 0.25) is 0 Å². The van der Waals surface area contributed by atoms with Crippen LogP contribution in [0.15, 0.2) is 169 Å². The summed E-state index contributed by atoms with van der Waals surface area (Å²) >= 11 is 0. The summed E-state index contributed by atoms with van der Waals surface area (Å²) in [6.45, 7) is 17.3. The number of hydrogen-bond acceptors (Lipinski definition) is 20. The molecule has 2 aliphatic rings. The SMILES string of the molecule is Cc1c(C)c2c(c(C)c1O)CCC(C)(CCCC(C)CCCC(C)CCCC(C)C)O2.O=C1O[C@H]([C@@H](O)CO)C(O)=C1O.Oc1cc2ccccc2cc1O.Oc1ccc(O)c2c(O)c3ccccc3c(O)c12.Oc1ccc(O)cc1.Oc1ccc2ccc(O)cc2c1.Oc1ccccc1O. The van der Waals surface area contributed by atoms with E-state index in [0.29, 0.717) is 16.5 Å². The van der Waals surface area contributed by atoms with Crippen molar-refractivity contribution >= 4 is 49.1 Å². The third-order valence-electron chi connectivity index (χ3n) is 17.8. The third-order valence-corrected chi connectivity index (χ3v) is 17.8. The number of carbonyl (C=O) groups excluding carboxylic acids is 1. The molecule has 2 aliphatic heterocycles. The lowest BCUT2D eigenvalue weighted by Crippen LogP contribution is -2.37. The zero-order valence-electron chi connectivity index (χ0n) is 58.2. The van der Waals surface area contributed by atoms with Crippen LogP contribution >= 0.6 is 0 Å². The van der Waals surface area contributed by atoms with Crippen LogP contribution in [0.1, 0.15) is 121 Å². The van der Waals surface area contributed by atoms with E-state index in [4.69, 9.17) is 66.0 Å². The molecular formula is C81H96O20. The normalized spacial score (nSPS) is 15.2. The number of rotatable bonds is 14. The number of phenols is 13. The van der Waals surface area contributed by atoms with E-state index in [0.717, 1.165) is 81.0 Å². The van der Waals surface area contributed by atoms with Gasteiger partial charge in [0.1, 0.15) is 69.2 Å². The Morgan fingerprint density at radius 3 is 1.33 bits per heavy atom. The fraction of sp³-hybridized carbons (Fsp3) is 0.321. The molecule has 0 spiro atoms. The Morgan fingerprint density at radius 1 is 0.455 bits per heavy atom. The molecule has 540 valence electrons. The lowest BCUT2D eigenvalue weighted by Gasteiger charge is -2.38.